The molecule has 0 aromatic carbocycles. The minimum atomic E-state index is 0.00111. The van der Waals surface area contributed by atoms with Gasteiger partial charge in [0.15, 0.2) is 0 Å². The first kappa shape index (κ1) is 7.61. The molecule has 2 heterocycles. The number of ether oxygens (including phenoxy) is 1. The largest absolute Gasteiger partial charge is 0.380 e. The predicted octanol–water partition coefficient (Wildman–Crippen LogP) is 0.935. The summed E-state index contributed by atoms with van der Waals surface area (Å²) < 4.78 is 10.1. The van der Waals surface area contributed by atoms with Gasteiger partial charge in [0.05, 0.1) is 12.3 Å². The summed E-state index contributed by atoms with van der Waals surface area (Å²) in [6.45, 7) is 3.61. The van der Waals surface area contributed by atoms with Crippen molar-refractivity contribution in [2.24, 2.45) is 0 Å². The van der Waals surface area contributed by atoms with Gasteiger partial charge in [0.1, 0.15) is 0 Å². The van der Waals surface area contributed by atoms with Crippen molar-refractivity contribution >= 4 is 5.88 Å². The van der Waals surface area contributed by atoms with Crippen molar-refractivity contribution in [3.63, 3.8) is 0 Å². The average molecular weight is 168 g/mol. The van der Waals surface area contributed by atoms with Crippen LogP contribution in [0.3, 0.4) is 0 Å². The highest BCUT2D eigenvalue weighted by atomic mass is 16.5. The molecule has 0 bridgehead atoms. The minimum Gasteiger partial charge on any atom is -0.380 e. The van der Waals surface area contributed by atoms with Crippen LogP contribution in [-0.4, -0.2) is 18.4 Å². The Labute approximate surface area is 70.7 Å². The number of aromatic nitrogens is 1. The van der Waals surface area contributed by atoms with E-state index >= 15 is 0 Å². The third-order valence-electron chi connectivity index (χ3n) is 2.37. The quantitative estimate of drug-likeness (QED) is 0.677. The van der Waals surface area contributed by atoms with E-state index < -0.39 is 0 Å². The van der Waals surface area contributed by atoms with Gasteiger partial charge in [0, 0.05) is 18.1 Å². The van der Waals surface area contributed by atoms with Crippen LogP contribution >= 0.6 is 0 Å². The zero-order valence-electron chi connectivity index (χ0n) is 7.04. The lowest BCUT2D eigenvalue weighted by Crippen LogP contribution is -2.21. The van der Waals surface area contributed by atoms with E-state index in [4.69, 9.17) is 15.0 Å². The maximum atomic E-state index is 5.44. The fourth-order valence-electron chi connectivity index (χ4n) is 1.44. The number of rotatable bonds is 1. The molecule has 66 valence electrons. The van der Waals surface area contributed by atoms with Gasteiger partial charge >= 0.3 is 0 Å². The zero-order valence-corrected chi connectivity index (χ0v) is 7.04. The summed E-state index contributed by atoms with van der Waals surface area (Å²) in [5.74, 6) is 0.373. The van der Waals surface area contributed by atoms with Crippen molar-refractivity contribution in [1.29, 1.82) is 0 Å². The highest BCUT2D eigenvalue weighted by Crippen LogP contribution is 2.32. The van der Waals surface area contributed by atoms with Crippen molar-refractivity contribution in [3.8, 4) is 0 Å². The number of nitrogens with zero attached hydrogens (tertiary/aromatic N) is 1. The van der Waals surface area contributed by atoms with Gasteiger partial charge in [-0.3, -0.25) is 0 Å². The summed E-state index contributed by atoms with van der Waals surface area (Å²) in [5, 5.41) is 3.89. The van der Waals surface area contributed by atoms with Crippen molar-refractivity contribution in [2.75, 3.05) is 18.9 Å². The van der Waals surface area contributed by atoms with Crippen LogP contribution in [0, 0.1) is 0 Å². The first-order valence-corrected chi connectivity index (χ1v) is 4.01. The molecule has 1 aliphatic rings. The van der Waals surface area contributed by atoms with E-state index in [-0.39, 0.29) is 5.41 Å². The van der Waals surface area contributed by atoms with E-state index in [0.717, 1.165) is 18.7 Å². The van der Waals surface area contributed by atoms with Crippen LogP contribution in [0.4, 0.5) is 5.88 Å². The van der Waals surface area contributed by atoms with Crippen LogP contribution in [0.25, 0.3) is 0 Å². The SMILES string of the molecule is CC1(c2cc(N)on2)CCOC1. The van der Waals surface area contributed by atoms with E-state index in [1.54, 1.807) is 6.07 Å². The third-order valence-corrected chi connectivity index (χ3v) is 2.37. The molecule has 1 aliphatic heterocycles. The fraction of sp³-hybridized carbons (Fsp3) is 0.625. The second-order valence-electron chi connectivity index (χ2n) is 3.48. The number of nitrogen functional groups attached to an aromatic ring is 1. The first-order valence-electron chi connectivity index (χ1n) is 4.01. The van der Waals surface area contributed by atoms with Gasteiger partial charge in [-0.2, -0.15) is 0 Å². The normalized spacial score (nSPS) is 29.4. The molecule has 1 unspecified atom stereocenters. The average Bonchev–Trinajstić information content (AvgIpc) is 2.59. The van der Waals surface area contributed by atoms with Crippen LogP contribution in [0.15, 0.2) is 10.6 Å². The maximum absolute atomic E-state index is 5.44. The lowest BCUT2D eigenvalue weighted by atomic mass is 9.86. The van der Waals surface area contributed by atoms with Gasteiger partial charge in [-0.25, -0.2) is 0 Å². The first-order chi connectivity index (χ1) is 5.71. The molecule has 12 heavy (non-hydrogen) atoms. The molecule has 4 heteroatoms. The Morgan fingerprint density at radius 1 is 1.67 bits per heavy atom. The van der Waals surface area contributed by atoms with Crippen molar-refractivity contribution in [2.45, 2.75) is 18.8 Å². The Balaban J connectivity index is 2.28. The lowest BCUT2D eigenvalue weighted by Gasteiger charge is -2.16. The van der Waals surface area contributed by atoms with E-state index in [0.29, 0.717) is 12.5 Å². The molecule has 0 spiro atoms. The minimum absolute atomic E-state index is 0.00111. The Hall–Kier alpha value is -1.03. The van der Waals surface area contributed by atoms with Gasteiger partial charge in [0.2, 0.25) is 5.88 Å². The molecule has 1 fully saturated rings. The van der Waals surface area contributed by atoms with E-state index in [1.807, 2.05) is 0 Å². The monoisotopic (exact) mass is 168 g/mol. The van der Waals surface area contributed by atoms with Gasteiger partial charge in [-0.05, 0) is 6.42 Å². The fourth-order valence-corrected chi connectivity index (χ4v) is 1.44. The smallest absolute Gasteiger partial charge is 0.222 e. The second-order valence-corrected chi connectivity index (χ2v) is 3.48. The number of hydrogen-bond donors (Lipinski definition) is 1. The van der Waals surface area contributed by atoms with Crippen LogP contribution in [0.2, 0.25) is 0 Å². The summed E-state index contributed by atoms with van der Waals surface area (Å²) >= 11 is 0. The topological polar surface area (TPSA) is 61.3 Å². The Morgan fingerprint density at radius 2 is 2.50 bits per heavy atom. The van der Waals surface area contributed by atoms with Crippen molar-refractivity contribution in [1.82, 2.24) is 5.16 Å². The highest BCUT2D eigenvalue weighted by Gasteiger charge is 2.34. The standard InChI is InChI=1S/C8H12N2O2/c1-8(2-3-11-5-8)6-4-7(9)12-10-6/h4H,2-3,5,9H2,1H3. The van der Waals surface area contributed by atoms with Crippen molar-refractivity contribution in [3.05, 3.63) is 11.8 Å². The number of nitrogens with two attached hydrogens (primary N) is 1. The molecular weight excluding hydrogens is 156 g/mol. The molecule has 2 rings (SSSR count). The number of anilines is 1. The van der Waals surface area contributed by atoms with Crippen LogP contribution < -0.4 is 5.73 Å². The Morgan fingerprint density at radius 3 is 3.00 bits per heavy atom. The van der Waals surface area contributed by atoms with Gasteiger partial charge in [-0.15, -0.1) is 0 Å². The lowest BCUT2D eigenvalue weighted by molar-refractivity contribution is 0.179. The molecule has 0 amide bonds. The highest BCUT2D eigenvalue weighted by molar-refractivity contribution is 5.29. The van der Waals surface area contributed by atoms with Crippen molar-refractivity contribution < 1.29 is 9.26 Å². The van der Waals surface area contributed by atoms with Gasteiger partial charge < -0.3 is 15.0 Å². The molecule has 1 aromatic rings. The summed E-state index contributed by atoms with van der Waals surface area (Å²) in [5.41, 5.74) is 6.34. The van der Waals surface area contributed by atoms with Crippen LogP contribution in [-0.2, 0) is 10.2 Å². The Kier molecular flexibility index (Phi) is 1.58. The molecule has 2 N–H and O–H groups in total. The number of hydrogen-bond acceptors (Lipinski definition) is 4. The van der Waals surface area contributed by atoms with E-state index in [1.165, 1.54) is 0 Å². The Bertz CT molecular complexity index is 276. The molecule has 1 aromatic heterocycles. The second kappa shape index (κ2) is 2.48. The van der Waals surface area contributed by atoms with Crippen LogP contribution in [0.5, 0.6) is 0 Å². The van der Waals surface area contributed by atoms with Crippen LogP contribution in [0.1, 0.15) is 19.0 Å². The molecular formula is C8H12N2O2. The summed E-state index contributed by atoms with van der Waals surface area (Å²) in [7, 11) is 0. The van der Waals surface area contributed by atoms with Gasteiger partial charge in [0.25, 0.3) is 0 Å². The molecule has 4 nitrogen and oxygen atoms in total. The molecule has 1 saturated heterocycles. The summed E-state index contributed by atoms with van der Waals surface area (Å²) in [4.78, 5) is 0. The third kappa shape index (κ3) is 1.08. The summed E-state index contributed by atoms with van der Waals surface area (Å²) in [6, 6.07) is 1.77. The van der Waals surface area contributed by atoms with Gasteiger partial charge in [-0.1, -0.05) is 12.1 Å². The van der Waals surface area contributed by atoms with E-state index in [2.05, 4.69) is 12.1 Å². The zero-order chi connectivity index (χ0) is 8.60. The maximum Gasteiger partial charge on any atom is 0.222 e. The molecule has 0 radical (unpaired) electrons. The summed E-state index contributed by atoms with van der Waals surface area (Å²) in [6.07, 6.45) is 0.985. The molecule has 0 aliphatic carbocycles. The molecule has 0 saturated carbocycles. The van der Waals surface area contributed by atoms with E-state index in [9.17, 15) is 0 Å². The molecule has 1 atom stereocenters. The predicted molar refractivity (Wildman–Crippen MR) is 43.7 cm³/mol.